The Bertz CT molecular complexity index is 667. The Morgan fingerprint density at radius 1 is 0.783 bits per heavy atom. The van der Waals surface area contributed by atoms with Crippen LogP contribution in [0.15, 0.2) is 85.0 Å². The average molecular weight is 304 g/mol. The summed E-state index contributed by atoms with van der Waals surface area (Å²) in [7, 11) is 0. The lowest BCUT2D eigenvalue weighted by molar-refractivity contribution is -0.0952. The van der Waals surface area contributed by atoms with Gasteiger partial charge in [0, 0.05) is 5.92 Å². The molecule has 2 heteroatoms. The minimum Gasteiger partial charge on any atom is -0.345 e. The third-order valence-corrected chi connectivity index (χ3v) is 4.71. The van der Waals surface area contributed by atoms with Crippen molar-refractivity contribution in [3.63, 3.8) is 0 Å². The van der Waals surface area contributed by atoms with E-state index in [1.807, 2.05) is 24.3 Å². The zero-order valence-electron chi connectivity index (χ0n) is 13.1. The fourth-order valence-electron chi connectivity index (χ4n) is 3.55. The van der Waals surface area contributed by atoms with Crippen LogP contribution in [0.3, 0.4) is 0 Å². The molecule has 4 rings (SSSR count). The molecular formula is C21H20O2. The van der Waals surface area contributed by atoms with E-state index in [-0.39, 0.29) is 18.3 Å². The Labute approximate surface area is 137 Å². The third-order valence-electron chi connectivity index (χ3n) is 4.71. The fraction of sp³-hybridized carbons (Fsp3) is 0.238. The van der Waals surface area contributed by atoms with Crippen molar-refractivity contribution < 1.29 is 9.47 Å². The maximum atomic E-state index is 6.59. The van der Waals surface area contributed by atoms with Crippen LogP contribution in [0.1, 0.15) is 18.1 Å². The Balaban J connectivity index is 1.80. The van der Waals surface area contributed by atoms with E-state index in [2.05, 4.69) is 67.6 Å². The summed E-state index contributed by atoms with van der Waals surface area (Å²) >= 11 is 0. The first-order chi connectivity index (χ1) is 11.3. The molecule has 2 nitrogen and oxygen atoms in total. The quantitative estimate of drug-likeness (QED) is 0.835. The van der Waals surface area contributed by atoms with Gasteiger partial charge in [0.25, 0.3) is 0 Å². The molecule has 0 bridgehead atoms. The molecule has 0 aromatic heterocycles. The lowest BCUT2D eigenvalue weighted by atomic mass is 9.82. The van der Waals surface area contributed by atoms with E-state index >= 15 is 0 Å². The summed E-state index contributed by atoms with van der Waals surface area (Å²) in [6.07, 6.45) is 8.02. The monoisotopic (exact) mass is 304 g/mol. The fourth-order valence-corrected chi connectivity index (χ4v) is 3.55. The smallest absolute Gasteiger partial charge is 0.169 e. The molecule has 0 N–H and O–H groups in total. The Hall–Kier alpha value is -2.16. The van der Waals surface area contributed by atoms with Gasteiger partial charge >= 0.3 is 0 Å². The Kier molecular flexibility index (Phi) is 3.64. The van der Waals surface area contributed by atoms with Crippen molar-refractivity contribution >= 4 is 0 Å². The summed E-state index contributed by atoms with van der Waals surface area (Å²) in [5.74, 6) is 0.173. The molecule has 1 aliphatic carbocycles. The molecule has 0 saturated carbocycles. The van der Waals surface area contributed by atoms with Crippen LogP contribution in [0.5, 0.6) is 0 Å². The van der Waals surface area contributed by atoms with E-state index in [9.17, 15) is 0 Å². The first-order valence-corrected chi connectivity index (χ1v) is 8.10. The molecule has 1 fully saturated rings. The molecule has 0 unspecified atom stereocenters. The van der Waals surface area contributed by atoms with Gasteiger partial charge in [0.2, 0.25) is 0 Å². The molecule has 0 amide bonds. The summed E-state index contributed by atoms with van der Waals surface area (Å²) in [5, 5.41) is 0. The number of hydrogen-bond donors (Lipinski definition) is 0. The van der Waals surface area contributed by atoms with Crippen molar-refractivity contribution in [2.75, 3.05) is 0 Å². The molecule has 2 aliphatic rings. The van der Waals surface area contributed by atoms with Crippen LogP contribution < -0.4 is 0 Å². The predicted molar refractivity (Wildman–Crippen MR) is 90.9 cm³/mol. The topological polar surface area (TPSA) is 18.5 Å². The highest BCUT2D eigenvalue weighted by Gasteiger charge is 2.51. The van der Waals surface area contributed by atoms with Gasteiger partial charge in [-0.05, 0) is 18.1 Å². The average Bonchev–Trinajstić information content (AvgIpc) is 3.25. The van der Waals surface area contributed by atoms with Crippen LogP contribution in [-0.4, -0.2) is 12.4 Å². The number of ether oxygens (including phenoxy) is 2. The maximum Gasteiger partial charge on any atom is 0.169 e. The normalized spacial score (nSPS) is 26.0. The highest BCUT2D eigenvalue weighted by molar-refractivity contribution is 5.39. The van der Waals surface area contributed by atoms with Crippen molar-refractivity contribution in [1.82, 2.24) is 0 Å². The molecule has 2 aromatic rings. The van der Waals surface area contributed by atoms with Crippen molar-refractivity contribution in [3.05, 3.63) is 96.1 Å². The van der Waals surface area contributed by atoms with Crippen LogP contribution in [0, 0.1) is 5.92 Å². The van der Waals surface area contributed by atoms with Crippen LogP contribution in [0.4, 0.5) is 0 Å². The van der Waals surface area contributed by atoms with Gasteiger partial charge in [0.05, 0.1) is 6.10 Å². The summed E-state index contributed by atoms with van der Waals surface area (Å²) in [6.45, 7) is 2.10. The van der Waals surface area contributed by atoms with Gasteiger partial charge in [-0.3, -0.25) is 0 Å². The second-order valence-electron chi connectivity index (χ2n) is 6.08. The van der Waals surface area contributed by atoms with Crippen molar-refractivity contribution in [2.24, 2.45) is 5.92 Å². The summed E-state index contributed by atoms with van der Waals surface area (Å²) in [6, 6.07) is 20.8. The lowest BCUT2D eigenvalue weighted by Crippen LogP contribution is -2.36. The van der Waals surface area contributed by atoms with Gasteiger partial charge in [-0.25, -0.2) is 0 Å². The van der Waals surface area contributed by atoms with Gasteiger partial charge in [0.15, 0.2) is 6.29 Å². The van der Waals surface area contributed by atoms with Gasteiger partial charge < -0.3 is 9.47 Å². The molecule has 2 atom stereocenters. The van der Waals surface area contributed by atoms with Gasteiger partial charge in [-0.1, -0.05) is 85.0 Å². The van der Waals surface area contributed by atoms with Crippen LogP contribution in [0.25, 0.3) is 0 Å². The second kappa shape index (κ2) is 5.80. The van der Waals surface area contributed by atoms with E-state index < -0.39 is 5.60 Å². The van der Waals surface area contributed by atoms with Crippen molar-refractivity contribution in [1.29, 1.82) is 0 Å². The summed E-state index contributed by atoms with van der Waals surface area (Å²) in [5.41, 5.74) is 1.69. The van der Waals surface area contributed by atoms with Crippen LogP contribution in [-0.2, 0) is 15.1 Å². The van der Waals surface area contributed by atoms with Gasteiger partial charge in [-0.15, -0.1) is 0 Å². The minimum atomic E-state index is -0.572. The van der Waals surface area contributed by atoms with Crippen molar-refractivity contribution in [2.45, 2.75) is 24.9 Å². The standard InChI is InChI=1S/C21H20O2/c1-16-21(18-12-4-2-5-13-18,19-14-6-3-7-15-19)23-20(22-16)17-10-8-9-11-17/h2-17,20H,1H3/t16-,20+/m0/s1. The molecule has 23 heavy (non-hydrogen) atoms. The molecule has 2 aromatic carbocycles. The number of benzene rings is 2. The second-order valence-corrected chi connectivity index (χ2v) is 6.08. The highest BCUT2D eigenvalue weighted by Crippen LogP contribution is 2.46. The van der Waals surface area contributed by atoms with E-state index in [1.54, 1.807) is 0 Å². The van der Waals surface area contributed by atoms with E-state index in [1.165, 1.54) is 0 Å². The highest BCUT2D eigenvalue weighted by atomic mass is 16.7. The number of allylic oxidation sites excluding steroid dienone is 2. The van der Waals surface area contributed by atoms with Gasteiger partial charge in [-0.2, -0.15) is 0 Å². The first kappa shape index (κ1) is 14.4. The largest absolute Gasteiger partial charge is 0.345 e. The van der Waals surface area contributed by atoms with E-state index in [0.717, 1.165) is 11.1 Å². The van der Waals surface area contributed by atoms with E-state index in [0.29, 0.717) is 0 Å². The molecule has 1 saturated heterocycles. The lowest BCUT2D eigenvalue weighted by Gasteiger charge is -2.32. The molecule has 1 heterocycles. The zero-order valence-corrected chi connectivity index (χ0v) is 13.1. The number of hydrogen-bond acceptors (Lipinski definition) is 2. The molecule has 0 radical (unpaired) electrons. The number of rotatable bonds is 3. The predicted octanol–water partition coefficient (Wildman–Crippen LogP) is 4.43. The summed E-state index contributed by atoms with van der Waals surface area (Å²) in [4.78, 5) is 0. The third kappa shape index (κ3) is 2.35. The van der Waals surface area contributed by atoms with Gasteiger partial charge in [0.1, 0.15) is 5.60 Å². The summed E-state index contributed by atoms with van der Waals surface area (Å²) < 4.78 is 12.8. The molecule has 1 aliphatic heterocycles. The Morgan fingerprint density at radius 3 is 1.83 bits per heavy atom. The molecule has 116 valence electrons. The maximum absolute atomic E-state index is 6.59. The SMILES string of the molecule is C[C@@H]1O[C@@H](C2C=CC=C2)OC1(c1ccccc1)c1ccccc1. The molecular weight excluding hydrogens is 284 g/mol. The van der Waals surface area contributed by atoms with Crippen molar-refractivity contribution in [3.8, 4) is 0 Å². The Morgan fingerprint density at radius 2 is 1.30 bits per heavy atom. The van der Waals surface area contributed by atoms with E-state index in [4.69, 9.17) is 9.47 Å². The minimum absolute atomic E-state index is 0.0697. The van der Waals surface area contributed by atoms with Crippen LogP contribution >= 0.6 is 0 Å². The van der Waals surface area contributed by atoms with Crippen LogP contribution in [0.2, 0.25) is 0 Å². The molecule has 0 spiro atoms. The zero-order chi connectivity index (χ0) is 15.7. The first-order valence-electron chi connectivity index (χ1n) is 8.10.